The van der Waals surface area contributed by atoms with E-state index in [2.05, 4.69) is 12.2 Å². The molecule has 0 fully saturated rings. The number of hydrogen-bond donors (Lipinski definition) is 1. The first-order chi connectivity index (χ1) is 10.3. The van der Waals surface area contributed by atoms with Crippen molar-refractivity contribution in [3.8, 4) is 0 Å². The summed E-state index contributed by atoms with van der Waals surface area (Å²) >= 11 is 1.64. The predicted octanol–water partition coefficient (Wildman–Crippen LogP) is 3.70. The molecule has 2 aromatic rings. The second-order valence-electron chi connectivity index (χ2n) is 4.80. The molecule has 0 radical (unpaired) electrons. The third kappa shape index (κ3) is 4.23. The lowest BCUT2D eigenvalue weighted by Gasteiger charge is -2.07. The van der Waals surface area contributed by atoms with Gasteiger partial charge in [-0.25, -0.2) is 4.39 Å². The zero-order valence-corrected chi connectivity index (χ0v) is 13.4. The molecule has 0 atom stereocenters. The lowest BCUT2D eigenvalue weighted by Crippen LogP contribution is -2.12. The summed E-state index contributed by atoms with van der Waals surface area (Å²) in [6, 6.07) is 5.24. The average molecular weight is 311 g/mol. The molecular formula is C16H22FNO2S. The maximum absolute atomic E-state index is 14.1. The fourth-order valence-corrected chi connectivity index (χ4v) is 3.42. The van der Waals surface area contributed by atoms with E-state index in [1.165, 1.54) is 6.07 Å². The maximum Gasteiger partial charge on any atom is 0.132 e. The summed E-state index contributed by atoms with van der Waals surface area (Å²) in [5.74, 6) is -0.165. The summed E-state index contributed by atoms with van der Waals surface area (Å²) in [6.07, 6.45) is 0.851. The molecule has 116 valence electrons. The van der Waals surface area contributed by atoms with Crippen LogP contribution in [0.2, 0.25) is 0 Å². The zero-order valence-electron chi connectivity index (χ0n) is 12.6. The molecule has 0 unspecified atom stereocenters. The van der Waals surface area contributed by atoms with E-state index in [-0.39, 0.29) is 5.82 Å². The van der Waals surface area contributed by atoms with Crippen molar-refractivity contribution in [3.63, 3.8) is 0 Å². The van der Waals surface area contributed by atoms with E-state index in [9.17, 15) is 4.39 Å². The molecule has 0 bridgehead atoms. The Labute approximate surface area is 129 Å². The van der Waals surface area contributed by atoms with E-state index in [0.717, 1.165) is 34.7 Å². The van der Waals surface area contributed by atoms with Gasteiger partial charge in [0.15, 0.2) is 0 Å². The number of halogens is 1. The highest BCUT2D eigenvalue weighted by molar-refractivity contribution is 7.19. The fraction of sp³-hybridized carbons (Fsp3) is 0.500. The highest BCUT2D eigenvalue weighted by Crippen LogP contribution is 2.33. The van der Waals surface area contributed by atoms with Gasteiger partial charge in [-0.2, -0.15) is 0 Å². The summed E-state index contributed by atoms with van der Waals surface area (Å²) in [5.41, 5.74) is 0.978. The number of hydrogen-bond acceptors (Lipinski definition) is 4. The topological polar surface area (TPSA) is 30.5 Å². The van der Waals surface area contributed by atoms with Gasteiger partial charge in [0.25, 0.3) is 0 Å². The fourth-order valence-electron chi connectivity index (χ4n) is 2.23. The number of nitrogens with one attached hydrogen (secondary N) is 1. The highest BCUT2D eigenvalue weighted by atomic mass is 32.1. The molecule has 2 rings (SSSR count). The van der Waals surface area contributed by atoms with Gasteiger partial charge in [0.1, 0.15) is 5.82 Å². The molecule has 0 amide bonds. The van der Waals surface area contributed by atoms with Crippen molar-refractivity contribution in [2.45, 2.75) is 26.5 Å². The predicted molar refractivity (Wildman–Crippen MR) is 85.3 cm³/mol. The Hall–Kier alpha value is -1.01. The molecule has 5 heteroatoms. The minimum atomic E-state index is -0.165. The zero-order chi connectivity index (χ0) is 15.1. The van der Waals surface area contributed by atoms with Gasteiger partial charge in [0.05, 0.1) is 6.61 Å². The lowest BCUT2D eigenvalue weighted by molar-refractivity contribution is 0.0931. The molecular weight excluding hydrogens is 289 g/mol. The van der Waals surface area contributed by atoms with E-state index in [0.29, 0.717) is 25.2 Å². The van der Waals surface area contributed by atoms with Gasteiger partial charge in [-0.1, -0.05) is 13.0 Å². The normalized spacial score (nSPS) is 11.4. The van der Waals surface area contributed by atoms with Crippen molar-refractivity contribution in [2.24, 2.45) is 0 Å². The summed E-state index contributed by atoms with van der Waals surface area (Å²) < 4.78 is 25.8. The van der Waals surface area contributed by atoms with Crippen LogP contribution in [-0.2, 0) is 22.6 Å². The van der Waals surface area contributed by atoms with E-state index in [1.54, 1.807) is 24.5 Å². The van der Waals surface area contributed by atoms with Gasteiger partial charge >= 0.3 is 0 Å². The van der Waals surface area contributed by atoms with Crippen molar-refractivity contribution in [3.05, 3.63) is 34.5 Å². The number of thiophene rings is 1. The monoisotopic (exact) mass is 311 g/mol. The third-order valence-corrected chi connectivity index (χ3v) is 4.46. The van der Waals surface area contributed by atoms with Crippen molar-refractivity contribution >= 4 is 21.4 Å². The molecule has 0 saturated carbocycles. The molecule has 21 heavy (non-hydrogen) atoms. The minimum Gasteiger partial charge on any atom is -0.385 e. The quantitative estimate of drug-likeness (QED) is 0.716. The second kappa shape index (κ2) is 8.44. The first kappa shape index (κ1) is 16.4. The number of ether oxygens (including phenoxy) is 2. The molecule has 0 aliphatic rings. The van der Waals surface area contributed by atoms with Crippen molar-refractivity contribution in [1.82, 2.24) is 5.32 Å². The molecule has 0 aliphatic heterocycles. The highest BCUT2D eigenvalue weighted by Gasteiger charge is 2.15. The summed E-state index contributed by atoms with van der Waals surface area (Å²) in [4.78, 5) is 1.16. The summed E-state index contributed by atoms with van der Waals surface area (Å²) in [5, 5.41) is 4.02. The van der Waals surface area contributed by atoms with Crippen molar-refractivity contribution < 1.29 is 13.9 Å². The van der Waals surface area contributed by atoms with Crippen LogP contribution in [0.4, 0.5) is 4.39 Å². The molecule has 3 nitrogen and oxygen atoms in total. The van der Waals surface area contributed by atoms with Gasteiger partial charge in [-0.05, 0) is 25.1 Å². The van der Waals surface area contributed by atoms with Gasteiger partial charge in [-0.3, -0.25) is 0 Å². The summed E-state index contributed by atoms with van der Waals surface area (Å²) in [7, 11) is 1.68. The van der Waals surface area contributed by atoms with E-state index in [4.69, 9.17) is 9.47 Å². The standard InChI is InChI=1S/C16H22FNO2S/c1-3-18-10-15-12(11-20-9-5-8-19-2)16-13(17)6-4-7-14(16)21-15/h4,6-7,18H,3,5,8-11H2,1-2H3. The first-order valence-electron chi connectivity index (χ1n) is 7.24. The van der Waals surface area contributed by atoms with Gasteiger partial charge in [0.2, 0.25) is 0 Å². The van der Waals surface area contributed by atoms with E-state index in [1.807, 2.05) is 6.07 Å². The lowest BCUT2D eigenvalue weighted by atomic mass is 10.1. The number of methoxy groups -OCH3 is 1. The van der Waals surface area contributed by atoms with Crippen LogP contribution in [0.1, 0.15) is 23.8 Å². The Morgan fingerprint density at radius 2 is 2.14 bits per heavy atom. The van der Waals surface area contributed by atoms with Gasteiger partial charge in [-0.15, -0.1) is 11.3 Å². The van der Waals surface area contributed by atoms with Crippen LogP contribution < -0.4 is 5.32 Å². The molecule has 0 aliphatic carbocycles. The van der Waals surface area contributed by atoms with Crippen LogP contribution in [0.25, 0.3) is 10.1 Å². The number of rotatable bonds is 9. The Kier molecular flexibility index (Phi) is 6.57. The van der Waals surface area contributed by atoms with E-state index < -0.39 is 0 Å². The second-order valence-corrected chi connectivity index (χ2v) is 5.93. The maximum atomic E-state index is 14.1. The van der Waals surface area contributed by atoms with Crippen LogP contribution in [-0.4, -0.2) is 26.9 Å². The molecule has 1 N–H and O–H groups in total. The molecule has 1 aromatic carbocycles. The van der Waals surface area contributed by atoms with Crippen molar-refractivity contribution in [2.75, 3.05) is 26.9 Å². The Balaban J connectivity index is 2.16. The molecule has 0 saturated heterocycles. The average Bonchev–Trinajstić information content (AvgIpc) is 2.84. The molecule has 1 heterocycles. The van der Waals surface area contributed by atoms with Crippen LogP contribution >= 0.6 is 11.3 Å². The Morgan fingerprint density at radius 3 is 2.90 bits per heavy atom. The van der Waals surface area contributed by atoms with Gasteiger partial charge in [0, 0.05) is 47.4 Å². The van der Waals surface area contributed by atoms with Crippen LogP contribution in [0.15, 0.2) is 18.2 Å². The van der Waals surface area contributed by atoms with Gasteiger partial charge < -0.3 is 14.8 Å². The summed E-state index contributed by atoms with van der Waals surface area (Å²) in [6.45, 7) is 5.47. The van der Waals surface area contributed by atoms with Crippen LogP contribution in [0, 0.1) is 5.82 Å². The minimum absolute atomic E-state index is 0.165. The van der Waals surface area contributed by atoms with E-state index >= 15 is 0 Å². The van der Waals surface area contributed by atoms with Crippen LogP contribution in [0.5, 0.6) is 0 Å². The largest absolute Gasteiger partial charge is 0.385 e. The third-order valence-electron chi connectivity index (χ3n) is 3.27. The first-order valence-corrected chi connectivity index (χ1v) is 8.05. The molecule has 0 spiro atoms. The van der Waals surface area contributed by atoms with Crippen molar-refractivity contribution in [1.29, 1.82) is 0 Å². The smallest absolute Gasteiger partial charge is 0.132 e. The Morgan fingerprint density at radius 1 is 1.29 bits per heavy atom. The molecule has 1 aromatic heterocycles. The Bertz CT molecular complexity index is 571. The SMILES string of the molecule is CCNCc1sc2cccc(F)c2c1COCCCOC. The van der Waals surface area contributed by atoms with Crippen LogP contribution in [0.3, 0.4) is 0 Å². The number of fused-ring (bicyclic) bond motifs is 1. The number of benzene rings is 1.